The molecule has 3 fully saturated rings. The fraction of sp³-hybridized carbons (Fsp3) is 1.00. The van der Waals surface area contributed by atoms with E-state index in [9.17, 15) is 5.11 Å². The molecule has 1 N–H and O–H groups in total. The molecule has 2 saturated carbocycles. The van der Waals surface area contributed by atoms with Crippen molar-refractivity contribution in [3.8, 4) is 0 Å². The van der Waals surface area contributed by atoms with Crippen molar-refractivity contribution < 1.29 is 14.4 Å². The molecule has 0 aromatic carbocycles. The molecule has 1 heterocycles. The van der Waals surface area contributed by atoms with Crippen molar-refractivity contribution in [3.63, 3.8) is 0 Å². The van der Waals surface area contributed by atoms with Crippen LogP contribution < -0.4 is 0 Å². The van der Waals surface area contributed by atoms with E-state index in [-0.39, 0.29) is 25.0 Å². The Bertz CT molecular complexity index is 367. The second kappa shape index (κ2) is 9.24. The van der Waals surface area contributed by atoms with Gasteiger partial charge in [0.1, 0.15) is 0 Å². The molecule has 25 heavy (non-hydrogen) atoms. The van der Waals surface area contributed by atoms with Gasteiger partial charge in [0, 0.05) is 0 Å². The van der Waals surface area contributed by atoms with E-state index in [1.54, 1.807) is 0 Å². The monoisotopic (exact) mass is 350 g/mol. The van der Waals surface area contributed by atoms with Gasteiger partial charge < -0.3 is 14.4 Å². The van der Waals surface area contributed by atoms with Crippen molar-refractivity contribution in [2.45, 2.75) is 116 Å². The summed E-state index contributed by atoms with van der Waals surface area (Å²) >= 11 is 0. The largest absolute Gasteiger partial charge is 0.460 e. The summed E-state index contributed by atoms with van der Waals surface area (Å²) in [5, 5.41) is 10.3. The summed E-state index contributed by atoms with van der Waals surface area (Å²) in [5.41, 5.74) is 0. The average Bonchev–Trinajstić information content (AvgIpc) is 3.13. The van der Waals surface area contributed by atoms with Crippen molar-refractivity contribution in [3.05, 3.63) is 0 Å². The summed E-state index contributed by atoms with van der Waals surface area (Å²) in [4.78, 5) is 0. The summed E-state index contributed by atoms with van der Waals surface area (Å²) in [6.07, 6.45) is 14.6. The van der Waals surface area contributed by atoms with E-state index in [4.69, 9.17) is 9.31 Å². The Morgan fingerprint density at radius 2 is 1.28 bits per heavy atom. The Balaban J connectivity index is 1.69. The molecule has 144 valence electrons. The molecule has 0 amide bonds. The molecule has 4 heteroatoms. The van der Waals surface area contributed by atoms with E-state index in [0.717, 1.165) is 6.42 Å². The molecular formula is C21H39BO3. The highest BCUT2D eigenvalue weighted by Crippen LogP contribution is 2.43. The zero-order valence-corrected chi connectivity index (χ0v) is 16.7. The van der Waals surface area contributed by atoms with E-state index >= 15 is 0 Å². The minimum Gasteiger partial charge on any atom is -0.405 e. The van der Waals surface area contributed by atoms with Crippen LogP contribution in [-0.2, 0) is 9.31 Å². The quantitative estimate of drug-likeness (QED) is 0.668. The van der Waals surface area contributed by atoms with Crippen LogP contribution in [0, 0.1) is 17.8 Å². The van der Waals surface area contributed by atoms with Crippen molar-refractivity contribution in [2.24, 2.45) is 17.8 Å². The number of hydrogen-bond acceptors (Lipinski definition) is 3. The van der Waals surface area contributed by atoms with E-state index in [0.29, 0.717) is 24.0 Å². The zero-order chi connectivity index (χ0) is 17.8. The third-order valence-electron chi connectivity index (χ3n) is 7.42. The molecule has 0 aromatic heterocycles. The van der Waals surface area contributed by atoms with E-state index in [2.05, 4.69) is 20.8 Å². The molecule has 3 nitrogen and oxygen atoms in total. The fourth-order valence-electron chi connectivity index (χ4n) is 5.40. The topological polar surface area (TPSA) is 38.7 Å². The van der Waals surface area contributed by atoms with Crippen LogP contribution in [0.1, 0.15) is 91.4 Å². The van der Waals surface area contributed by atoms with Gasteiger partial charge in [-0.3, -0.25) is 0 Å². The Labute approximate surface area is 155 Å². The molecule has 1 saturated heterocycles. The lowest BCUT2D eigenvalue weighted by Crippen LogP contribution is -2.38. The zero-order valence-electron chi connectivity index (χ0n) is 16.7. The molecule has 1 aliphatic heterocycles. The lowest BCUT2D eigenvalue weighted by atomic mass is 9.65. The van der Waals surface area contributed by atoms with Gasteiger partial charge in [-0.2, -0.15) is 0 Å². The van der Waals surface area contributed by atoms with Crippen molar-refractivity contribution >= 4 is 7.12 Å². The van der Waals surface area contributed by atoms with E-state index < -0.39 is 0 Å². The second-order valence-electron chi connectivity index (χ2n) is 9.06. The summed E-state index contributed by atoms with van der Waals surface area (Å²) in [6, 6.07) is 0. The number of aliphatic hydroxyl groups excluding tert-OH is 1. The lowest BCUT2D eigenvalue weighted by Gasteiger charge is -2.35. The summed E-state index contributed by atoms with van der Waals surface area (Å²) in [5.74, 6) is 1.83. The molecule has 5 atom stereocenters. The van der Waals surface area contributed by atoms with Crippen LogP contribution in [0.15, 0.2) is 0 Å². The second-order valence-corrected chi connectivity index (χ2v) is 9.06. The lowest BCUT2D eigenvalue weighted by molar-refractivity contribution is 0.0324. The summed E-state index contributed by atoms with van der Waals surface area (Å²) in [6.45, 7) is 6.41. The minimum atomic E-state index is -0.260. The van der Waals surface area contributed by atoms with Gasteiger partial charge in [0.25, 0.3) is 0 Å². The molecular weight excluding hydrogens is 311 g/mol. The molecule has 3 rings (SSSR count). The van der Waals surface area contributed by atoms with Gasteiger partial charge in [-0.15, -0.1) is 0 Å². The van der Waals surface area contributed by atoms with Crippen molar-refractivity contribution in [1.29, 1.82) is 0 Å². The van der Waals surface area contributed by atoms with Gasteiger partial charge >= 0.3 is 7.12 Å². The van der Waals surface area contributed by atoms with E-state index in [1.165, 1.54) is 64.2 Å². The van der Waals surface area contributed by atoms with Gasteiger partial charge in [0.2, 0.25) is 0 Å². The maximum atomic E-state index is 10.3. The van der Waals surface area contributed by atoms with Gasteiger partial charge in [-0.05, 0) is 55.7 Å². The minimum absolute atomic E-state index is 0.130. The SMILES string of the molecule is CCC(O)C(C)C(C)B1OC(C2CCCCC2)C(C2CCCCC2)O1. The molecule has 0 bridgehead atoms. The molecule has 0 aromatic rings. The van der Waals surface area contributed by atoms with Crippen LogP contribution in [0.2, 0.25) is 5.82 Å². The maximum absolute atomic E-state index is 10.3. The predicted molar refractivity (Wildman–Crippen MR) is 104 cm³/mol. The molecule has 3 aliphatic rings. The fourth-order valence-corrected chi connectivity index (χ4v) is 5.40. The predicted octanol–water partition coefficient (Wildman–Crippen LogP) is 5.22. The van der Waals surface area contributed by atoms with Crippen LogP contribution in [0.5, 0.6) is 0 Å². The van der Waals surface area contributed by atoms with Crippen LogP contribution >= 0.6 is 0 Å². The summed E-state index contributed by atoms with van der Waals surface area (Å²) < 4.78 is 13.2. The molecule has 0 radical (unpaired) electrons. The molecule has 5 unspecified atom stereocenters. The van der Waals surface area contributed by atoms with Gasteiger partial charge in [0.15, 0.2) is 0 Å². The van der Waals surface area contributed by atoms with Crippen LogP contribution in [0.4, 0.5) is 0 Å². The van der Waals surface area contributed by atoms with Crippen molar-refractivity contribution in [1.82, 2.24) is 0 Å². The standard InChI is InChI=1S/C21H39BO3/c1-4-19(23)15(2)16(3)22-24-20(17-11-7-5-8-12-17)21(25-22)18-13-9-6-10-14-18/h15-21,23H,4-14H2,1-3H3. The van der Waals surface area contributed by atoms with Gasteiger partial charge in [-0.25, -0.2) is 0 Å². The first-order valence-electron chi connectivity index (χ1n) is 11.1. The summed E-state index contributed by atoms with van der Waals surface area (Å²) in [7, 11) is -0.130. The van der Waals surface area contributed by atoms with Crippen LogP contribution in [0.25, 0.3) is 0 Å². The van der Waals surface area contributed by atoms with E-state index in [1.807, 2.05) is 0 Å². The Morgan fingerprint density at radius 1 is 0.840 bits per heavy atom. The Morgan fingerprint density at radius 3 is 1.68 bits per heavy atom. The van der Waals surface area contributed by atoms with Gasteiger partial charge in [-0.1, -0.05) is 59.3 Å². The first kappa shape index (κ1) is 19.7. The first-order chi connectivity index (χ1) is 12.1. The number of hydrogen-bond donors (Lipinski definition) is 1. The average molecular weight is 350 g/mol. The van der Waals surface area contributed by atoms with Crippen LogP contribution in [-0.4, -0.2) is 30.5 Å². The first-order valence-corrected chi connectivity index (χ1v) is 11.1. The highest BCUT2D eigenvalue weighted by atomic mass is 16.7. The van der Waals surface area contributed by atoms with Crippen LogP contribution in [0.3, 0.4) is 0 Å². The Hall–Kier alpha value is -0.0551. The third-order valence-corrected chi connectivity index (χ3v) is 7.42. The normalized spacial score (nSPS) is 33.4. The molecule has 0 spiro atoms. The number of aliphatic hydroxyl groups is 1. The highest BCUT2D eigenvalue weighted by Gasteiger charge is 2.49. The van der Waals surface area contributed by atoms with Crippen molar-refractivity contribution in [2.75, 3.05) is 0 Å². The third kappa shape index (κ3) is 4.62. The Kier molecular flexibility index (Phi) is 7.28. The smallest absolute Gasteiger partial charge is 0.405 e. The highest BCUT2D eigenvalue weighted by molar-refractivity contribution is 6.47. The van der Waals surface area contributed by atoms with Gasteiger partial charge in [0.05, 0.1) is 18.3 Å². The molecule has 2 aliphatic carbocycles. The number of rotatable bonds is 6. The maximum Gasteiger partial charge on any atom is 0.460 e.